The predicted molar refractivity (Wildman–Crippen MR) is 64.5 cm³/mol. The van der Waals surface area contributed by atoms with Crippen LogP contribution in [-0.4, -0.2) is 16.5 Å². The highest BCUT2D eigenvalue weighted by molar-refractivity contribution is 7.98. The topological polar surface area (TPSA) is 72.3 Å². The van der Waals surface area contributed by atoms with Crippen molar-refractivity contribution in [2.75, 3.05) is 12.0 Å². The zero-order valence-electron chi connectivity index (χ0n) is 9.02. The summed E-state index contributed by atoms with van der Waals surface area (Å²) in [6.07, 6.45) is 1.97. The summed E-state index contributed by atoms with van der Waals surface area (Å²) in [6, 6.07) is 5.22. The van der Waals surface area contributed by atoms with Crippen molar-refractivity contribution in [2.45, 2.75) is 11.8 Å². The Hall–Kier alpha value is -1.62. The highest BCUT2D eigenvalue weighted by Crippen LogP contribution is 2.35. The van der Waals surface area contributed by atoms with Crippen molar-refractivity contribution < 1.29 is 9.63 Å². The molecule has 1 aromatic heterocycles. The molecule has 2 aromatic rings. The normalized spacial score (nSPS) is 10.6. The van der Waals surface area contributed by atoms with Gasteiger partial charge in [-0.2, -0.15) is 0 Å². The number of nitrogen functional groups attached to an aromatic ring is 1. The number of phenolic OH excluding ortho intramolecular Hbond substituents is 1. The van der Waals surface area contributed by atoms with Gasteiger partial charge in [0.1, 0.15) is 5.75 Å². The minimum absolute atomic E-state index is 0.239. The summed E-state index contributed by atoms with van der Waals surface area (Å²) in [4.78, 5) is 1.02. The number of aromatic nitrogens is 1. The molecule has 0 amide bonds. The lowest BCUT2D eigenvalue weighted by Crippen LogP contribution is -1.84. The van der Waals surface area contributed by atoms with Gasteiger partial charge in [0.25, 0.3) is 0 Å². The van der Waals surface area contributed by atoms with E-state index < -0.39 is 0 Å². The zero-order chi connectivity index (χ0) is 11.7. The molecule has 5 heteroatoms. The Labute approximate surface area is 97.4 Å². The van der Waals surface area contributed by atoms with Gasteiger partial charge >= 0.3 is 0 Å². The second-order valence-electron chi connectivity index (χ2n) is 3.46. The first kappa shape index (κ1) is 10.9. The molecular formula is C11H12N2O2S. The van der Waals surface area contributed by atoms with Crippen LogP contribution in [0.3, 0.4) is 0 Å². The number of rotatable bonds is 2. The van der Waals surface area contributed by atoms with Crippen LogP contribution in [0.4, 0.5) is 5.82 Å². The fraction of sp³-hybridized carbons (Fsp3) is 0.182. The summed E-state index contributed by atoms with van der Waals surface area (Å²) in [5.41, 5.74) is 7.14. The fourth-order valence-electron chi connectivity index (χ4n) is 1.45. The van der Waals surface area contributed by atoms with Crippen molar-refractivity contribution >= 4 is 17.6 Å². The lowest BCUT2D eigenvalue weighted by molar-refractivity contribution is 0.434. The number of aromatic hydroxyl groups is 1. The lowest BCUT2D eigenvalue weighted by Gasteiger charge is -2.07. The number of aryl methyl sites for hydroxylation is 1. The zero-order valence-corrected chi connectivity index (χ0v) is 9.84. The summed E-state index contributed by atoms with van der Waals surface area (Å²) in [7, 11) is 0. The van der Waals surface area contributed by atoms with Gasteiger partial charge < -0.3 is 15.4 Å². The van der Waals surface area contributed by atoms with Crippen LogP contribution in [0.5, 0.6) is 5.75 Å². The summed E-state index contributed by atoms with van der Waals surface area (Å²) in [5.74, 6) is 1.14. The molecule has 1 heterocycles. The van der Waals surface area contributed by atoms with Crippen molar-refractivity contribution in [2.24, 2.45) is 0 Å². The van der Waals surface area contributed by atoms with Gasteiger partial charge in [0.05, 0.1) is 0 Å². The van der Waals surface area contributed by atoms with Crippen LogP contribution in [0.1, 0.15) is 5.56 Å². The number of hydrogen-bond acceptors (Lipinski definition) is 5. The Morgan fingerprint density at radius 3 is 2.69 bits per heavy atom. The quantitative estimate of drug-likeness (QED) is 0.784. The Morgan fingerprint density at radius 2 is 2.12 bits per heavy atom. The number of hydrogen-bond donors (Lipinski definition) is 2. The molecule has 2 rings (SSSR count). The summed E-state index contributed by atoms with van der Waals surface area (Å²) < 4.78 is 5.09. The Balaban J connectivity index is 2.59. The molecule has 0 aliphatic carbocycles. The molecule has 0 radical (unpaired) electrons. The van der Waals surface area contributed by atoms with E-state index in [2.05, 4.69) is 5.16 Å². The van der Waals surface area contributed by atoms with Gasteiger partial charge in [-0.05, 0) is 30.9 Å². The van der Waals surface area contributed by atoms with E-state index in [1.807, 2.05) is 19.2 Å². The van der Waals surface area contributed by atoms with Crippen molar-refractivity contribution in [1.29, 1.82) is 0 Å². The van der Waals surface area contributed by atoms with Gasteiger partial charge in [0, 0.05) is 16.5 Å². The molecule has 84 valence electrons. The smallest absolute Gasteiger partial charge is 0.170 e. The van der Waals surface area contributed by atoms with Crippen LogP contribution in [-0.2, 0) is 0 Å². The number of benzene rings is 1. The molecule has 0 bridgehead atoms. The van der Waals surface area contributed by atoms with Gasteiger partial charge in [-0.25, -0.2) is 0 Å². The molecule has 0 atom stereocenters. The van der Waals surface area contributed by atoms with Gasteiger partial charge in [0.15, 0.2) is 11.6 Å². The molecule has 0 saturated carbocycles. The van der Waals surface area contributed by atoms with E-state index in [0.29, 0.717) is 11.6 Å². The largest absolute Gasteiger partial charge is 0.508 e. The van der Waals surface area contributed by atoms with E-state index in [1.54, 1.807) is 23.9 Å². The summed E-state index contributed by atoms with van der Waals surface area (Å²) in [5, 5.41) is 13.3. The number of nitrogens with zero attached hydrogens (tertiary/aromatic N) is 1. The third-order valence-corrected chi connectivity index (χ3v) is 3.09. The van der Waals surface area contributed by atoms with Crippen molar-refractivity contribution in [3.63, 3.8) is 0 Å². The van der Waals surface area contributed by atoms with Gasteiger partial charge in [-0.15, -0.1) is 11.8 Å². The van der Waals surface area contributed by atoms with Crippen LogP contribution in [0, 0.1) is 6.92 Å². The lowest BCUT2D eigenvalue weighted by atomic mass is 10.1. The first-order valence-corrected chi connectivity index (χ1v) is 5.94. The van der Waals surface area contributed by atoms with Crippen LogP contribution in [0.15, 0.2) is 27.6 Å². The van der Waals surface area contributed by atoms with Crippen LogP contribution < -0.4 is 5.73 Å². The standard InChI is InChI=1S/C11H12N2O2S/c1-6-3-10(16-2)7(4-8(6)14)9-5-11(12)13-15-9/h3-5,14H,1-2H3,(H2,12,13). The third-order valence-electron chi connectivity index (χ3n) is 2.31. The van der Waals surface area contributed by atoms with E-state index in [1.165, 1.54) is 0 Å². The highest BCUT2D eigenvalue weighted by atomic mass is 32.2. The van der Waals surface area contributed by atoms with Crippen molar-refractivity contribution in [3.05, 3.63) is 23.8 Å². The molecule has 0 saturated heterocycles. The van der Waals surface area contributed by atoms with E-state index >= 15 is 0 Å². The highest BCUT2D eigenvalue weighted by Gasteiger charge is 2.12. The fourth-order valence-corrected chi connectivity index (χ4v) is 2.12. The van der Waals surface area contributed by atoms with Gasteiger partial charge in [-0.3, -0.25) is 0 Å². The van der Waals surface area contributed by atoms with Gasteiger partial charge in [-0.1, -0.05) is 5.16 Å². The second-order valence-corrected chi connectivity index (χ2v) is 4.30. The summed E-state index contributed by atoms with van der Waals surface area (Å²) >= 11 is 1.58. The first-order chi connectivity index (χ1) is 7.61. The first-order valence-electron chi connectivity index (χ1n) is 4.72. The minimum atomic E-state index is 0.239. The SMILES string of the molecule is CSc1cc(C)c(O)cc1-c1cc(N)no1. The second kappa shape index (κ2) is 4.09. The molecular weight excluding hydrogens is 224 g/mol. The average Bonchev–Trinajstić information content (AvgIpc) is 2.68. The monoisotopic (exact) mass is 236 g/mol. The minimum Gasteiger partial charge on any atom is -0.508 e. The maximum atomic E-state index is 9.69. The average molecular weight is 236 g/mol. The van der Waals surface area contributed by atoms with Crippen LogP contribution in [0.2, 0.25) is 0 Å². The predicted octanol–water partition coefficient (Wildman–Crippen LogP) is 2.66. The molecule has 0 aliphatic heterocycles. The Morgan fingerprint density at radius 1 is 1.38 bits per heavy atom. The molecule has 0 fully saturated rings. The van der Waals surface area contributed by atoms with E-state index in [0.717, 1.165) is 16.0 Å². The number of thioether (sulfide) groups is 1. The molecule has 0 unspecified atom stereocenters. The molecule has 16 heavy (non-hydrogen) atoms. The van der Waals surface area contributed by atoms with Gasteiger partial charge in [0.2, 0.25) is 0 Å². The van der Waals surface area contributed by atoms with Crippen LogP contribution in [0.25, 0.3) is 11.3 Å². The molecule has 1 aromatic carbocycles. The maximum Gasteiger partial charge on any atom is 0.170 e. The van der Waals surface area contributed by atoms with Crippen molar-refractivity contribution in [1.82, 2.24) is 5.16 Å². The van der Waals surface area contributed by atoms with Crippen molar-refractivity contribution in [3.8, 4) is 17.1 Å². The molecule has 3 N–H and O–H groups in total. The molecule has 4 nitrogen and oxygen atoms in total. The molecule has 0 aliphatic rings. The Kier molecular flexibility index (Phi) is 2.78. The third kappa shape index (κ3) is 1.86. The maximum absolute atomic E-state index is 9.69. The van der Waals surface area contributed by atoms with E-state index in [-0.39, 0.29) is 5.75 Å². The summed E-state index contributed by atoms with van der Waals surface area (Å²) in [6.45, 7) is 1.85. The number of nitrogens with two attached hydrogens (primary N) is 1. The number of phenols is 1. The molecule has 0 spiro atoms. The van der Waals surface area contributed by atoms with Crippen LogP contribution >= 0.6 is 11.8 Å². The Bertz CT molecular complexity index is 523. The van der Waals surface area contributed by atoms with E-state index in [9.17, 15) is 5.11 Å². The van der Waals surface area contributed by atoms with E-state index in [4.69, 9.17) is 10.3 Å². The number of anilines is 1.